The normalized spacial score (nSPS) is 17.7. The van der Waals surface area contributed by atoms with Gasteiger partial charge in [0.15, 0.2) is 0 Å². The summed E-state index contributed by atoms with van der Waals surface area (Å²) in [5.41, 5.74) is 0. The Morgan fingerprint density at radius 1 is 1.40 bits per heavy atom. The van der Waals surface area contributed by atoms with Gasteiger partial charge < -0.3 is 10.6 Å². The minimum absolute atomic E-state index is 0.784. The van der Waals surface area contributed by atoms with Crippen LogP contribution in [-0.4, -0.2) is 24.6 Å². The van der Waals surface area contributed by atoms with E-state index in [1.807, 2.05) is 18.2 Å². The van der Waals surface area contributed by atoms with E-state index < -0.39 is 0 Å². The first-order valence-corrected chi connectivity index (χ1v) is 6.21. The summed E-state index contributed by atoms with van der Waals surface area (Å²) in [6, 6.07) is 5.95. The molecule has 0 bridgehead atoms. The smallest absolute Gasteiger partial charge is 0.127 e. The third-order valence-corrected chi connectivity index (χ3v) is 3.19. The van der Waals surface area contributed by atoms with Gasteiger partial charge in [-0.05, 0) is 59.9 Å². The van der Waals surface area contributed by atoms with Crippen molar-refractivity contribution in [2.75, 3.05) is 25.0 Å². The average molecular weight is 270 g/mol. The zero-order valence-corrected chi connectivity index (χ0v) is 10.3. The second-order valence-electron chi connectivity index (χ2n) is 3.92. The minimum Gasteiger partial charge on any atom is -0.370 e. The maximum absolute atomic E-state index is 4.35. The van der Waals surface area contributed by atoms with Crippen molar-refractivity contribution in [3.63, 3.8) is 0 Å². The fourth-order valence-electron chi connectivity index (χ4n) is 1.84. The van der Waals surface area contributed by atoms with Crippen LogP contribution in [-0.2, 0) is 0 Å². The number of halogens is 1. The number of hydrogen-bond donors (Lipinski definition) is 2. The molecule has 1 aliphatic rings. The van der Waals surface area contributed by atoms with Crippen molar-refractivity contribution >= 4 is 21.7 Å². The van der Waals surface area contributed by atoms with E-state index in [4.69, 9.17) is 0 Å². The molecule has 0 aromatic carbocycles. The van der Waals surface area contributed by atoms with Crippen molar-refractivity contribution in [3.05, 3.63) is 22.8 Å². The number of aromatic nitrogens is 1. The third kappa shape index (κ3) is 3.47. The molecule has 0 atom stereocenters. The first-order valence-electron chi connectivity index (χ1n) is 5.42. The van der Waals surface area contributed by atoms with Gasteiger partial charge >= 0.3 is 0 Å². The van der Waals surface area contributed by atoms with Crippen LogP contribution in [0, 0.1) is 5.92 Å². The van der Waals surface area contributed by atoms with E-state index in [0.29, 0.717) is 0 Å². The van der Waals surface area contributed by atoms with Gasteiger partial charge in [-0.1, -0.05) is 6.07 Å². The molecule has 0 amide bonds. The fourth-order valence-corrected chi connectivity index (χ4v) is 2.19. The van der Waals surface area contributed by atoms with Crippen molar-refractivity contribution in [2.45, 2.75) is 12.8 Å². The summed E-state index contributed by atoms with van der Waals surface area (Å²) in [4.78, 5) is 4.35. The first-order chi connectivity index (χ1) is 7.34. The van der Waals surface area contributed by atoms with Crippen molar-refractivity contribution in [1.29, 1.82) is 0 Å². The van der Waals surface area contributed by atoms with Crippen LogP contribution in [0.1, 0.15) is 12.8 Å². The molecule has 3 nitrogen and oxygen atoms in total. The topological polar surface area (TPSA) is 37.0 Å². The molecule has 4 heteroatoms. The van der Waals surface area contributed by atoms with Gasteiger partial charge in [0, 0.05) is 6.54 Å². The molecule has 15 heavy (non-hydrogen) atoms. The second kappa shape index (κ2) is 5.47. The molecular formula is C11H16BrN3. The summed E-state index contributed by atoms with van der Waals surface area (Å²) in [6.07, 6.45) is 2.53. The van der Waals surface area contributed by atoms with Gasteiger partial charge in [0.25, 0.3) is 0 Å². The summed E-state index contributed by atoms with van der Waals surface area (Å²) < 4.78 is 0.887. The molecule has 2 rings (SSSR count). The van der Waals surface area contributed by atoms with Gasteiger partial charge in [-0.3, -0.25) is 0 Å². The van der Waals surface area contributed by atoms with Crippen LogP contribution >= 0.6 is 15.9 Å². The number of hydrogen-bond acceptors (Lipinski definition) is 3. The lowest BCUT2D eigenvalue weighted by Crippen LogP contribution is -2.31. The van der Waals surface area contributed by atoms with Crippen molar-refractivity contribution in [1.82, 2.24) is 10.3 Å². The Balaban J connectivity index is 1.81. The van der Waals surface area contributed by atoms with Crippen LogP contribution in [0.4, 0.5) is 5.82 Å². The highest BCUT2D eigenvalue weighted by molar-refractivity contribution is 9.10. The summed E-state index contributed by atoms with van der Waals surface area (Å²) >= 11 is 3.37. The molecule has 1 fully saturated rings. The van der Waals surface area contributed by atoms with Crippen LogP contribution in [0.5, 0.6) is 0 Å². The molecule has 0 unspecified atom stereocenters. The van der Waals surface area contributed by atoms with E-state index in [-0.39, 0.29) is 0 Å². The lowest BCUT2D eigenvalue weighted by Gasteiger charge is -2.22. The maximum atomic E-state index is 4.35. The highest BCUT2D eigenvalue weighted by Gasteiger charge is 2.12. The summed E-state index contributed by atoms with van der Waals surface area (Å²) in [6.45, 7) is 3.33. The van der Waals surface area contributed by atoms with Crippen LogP contribution in [0.25, 0.3) is 0 Å². The monoisotopic (exact) mass is 269 g/mol. The standard InChI is InChI=1S/C11H16BrN3/c12-10-2-1-3-11(15-10)14-8-9-4-6-13-7-5-9/h1-3,9,13H,4-8H2,(H,14,15). The van der Waals surface area contributed by atoms with E-state index in [1.54, 1.807) is 0 Å². The van der Waals surface area contributed by atoms with Crippen LogP contribution in [0.15, 0.2) is 22.8 Å². The van der Waals surface area contributed by atoms with E-state index in [9.17, 15) is 0 Å². The van der Waals surface area contributed by atoms with Gasteiger partial charge in [0.1, 0.15) is 10.4 Å². The highest BCUT2D eigenvalue weighted by Crippen LogP contribution is 2.14. The number of piperidine rings is 1. The van der Waals surface area contributed by atoms with E-state index in [1.165, 1.54) is 12.8 Å². The van der Waals surface area contributed by atoms with Crippen molar-refractivity contribution < 1.29 is 0 Å². The lowest BCUT2D eigenvalue weighted by atomic mass is 9.98. The van der Waals surface area contributed by atoms with Gasteiger partial charge in [0.05, 0.1) is 0 Å². The van der Waals surface area contributed by atoms with Crippen molar-refractivity contribution in [2.24, 2.45) is 5.92 Å². The first kappa shape index (κ1) is 10.9. The third-order valence-electron chi connectivity index (χ3n) is 2.75. The summed E-state index contributed by atoms with van der Waals surface area (Å²) in [7, 11) is 0. The SMILES string of the molecule is Brc1cccc(NCC2CCNCC2)n1. The van der Waals surface area contributed by atoms with Gasteiger partial charge in [-0.25, -0.2) is 4.98 Å². The Labute approximate surface area is 98.8 Å². The van der Waals surface area contributed by atoms with Crippen LogP contribution < -0.4 is 10.6 Å². The Morgan fingerprint density at radius 3 is 2.93 bits per heavy atom. The molecule has 0 saturated carbocycles. The molecular weight excluding hydrogens is 254 g/mol. The van der Waals surface area contributed by atoms with E-state index in [0.717, 1.165) is 36.0 Å². The van der Waals surface area contributed by atoms with Crippen LogP contribution in [0.3, 0.4) is 0 Å². The number of anilines is 1. The van der Waals surface area contributed by atoms with Gasteiger partial charge in [-0.15, -0.1) is 0 Å². The minimum atomic E-state index is 0.784. The molecule has 82 valence electrons. The average Bonchev–Trinajstić information content (AvgIpc) is 2.28. The second-order valence-corrected chi connectivity index (χ2v) is 4.73. The van der Waals surface area contributed by atoms with Gasteiger partial charge in [-0.2, -0.15) is 0 Å². The largest absolute Gasteiger partial charge is 0.370 e. The summed E-state index contributed by atoms with van der Waals surface area (Å²) in [5.74, 6) is 1.75. The zero-order chi connectivity index (χ0) is 10.5. The highest BCUT2D eigenvalue weighted by atomic mass is 79.9. The van der Waals surface area contributed by atoms with E-state index >= 15 is 0 Å². The fraction of sp³-hybridized carbons (Fsp3) is 0.545. The molecule has 2 N–H and O–H groups in total. The molecule has 0 spiro atoms. The number of pyridine rings is 1. The Kier molecular flexibility index (Phi) is 3.97. The lowest BCUT2D eigenvalue weighted by molar-refractivity contribution is 0.389. The predicted molar refractivity (Wildman–Crippen MR) is 66.0 cm³/mol. The quantitative estimate of drug-likeness (QED) is 0.827. The Morgan fingerprint density at radius 2 is 2.20 bits per heavy atom. The van der Waals surface area contributed by atoms with E-state index in [2.05, 4.69) is 31.5 Å². The van der Waals surface area contributed by atoms with Gasteiger partial charge in [0.2, 0.25) is 0 Å². The summed E-state index contributed by atoms with van der Waals surface area (Å²) in [5, 5.41) is 6.76. The number of rotatable bonds is 3. The maximum Gasteiger partial charge on any atom is 0.127 e. The molecule has 2 heterocycles. The Bertz CT molecular complexity index is 310. The molecule has 1 aliphatic heterocycles. The molecule has 0 radical (unpaired) electrons. The zero-order valence-electron chi connectivity index (χ0n) is 8.67. The number of nitrogens with zero attached hydrogens (tertiary/aromatic N) is 1. The van der Waals surface area contributed by atoms with Crippen molar-refractivity contribution in [3.8, 4) is 0 Å². The van der Waals surface area contributed by atoms with Crippen LogP contribution in [0.2, 0.25) is 0 Å². The Hall–Kier alpha value is -0.610. The number of nitrogens with one attached hydrogen (secondary N) is 2. The predicted octanol–water partition coefficient (Wildman–Crippen LogP) is 2.26. The molecule has 1 aromatic rings. The molecule has 0 aliphatic carbocycles. The molecule has 1 saturated heterocycles. The molecule has 1 aromatic heterocycles.